The third-order valence-electron chi connectivity index (χ3n) is 4.94. The topological polar surface area (TPSA) is 63.9 Å². The first-order valence-electron chi connectivity index (χ1n) is 7.95. The van der Waals surface area contributed by atoms with Crippen molar-refractivity contribution in [2.75, 3.05) is 6.61 Å². The number of unbranched alkanes of at least 4 members (excludes halogenated alkanes) is 4. The van der Waals surface area contributed by atoms with Gasteiger partial charge in [-0.15, -0.1) is 0 Å². The molecule has 0 unspecified atom stereocenters. The normalized spacial score (nSPS) is 38.8. The quantitative estimate of drug-likeness (QED) is 0.610. The molecule has 112 valence electrons. The van der Waals surface area contributed by atoms with Crippen LogP contribution in [-0.4, -0.2) is 57.2 Å². The Bertz CT molecular complexity index is 274. The van der Waals surface area contributed by atoms with Crippen molar-refractivity contribution in [3.63, 3.8) is 0 Å². The number of rotatable bonds is 7. The van der Waals surface area contributed by atoms with E-state index in [2.05, 4.69) is 11.8 Å². The summed E-state index contributed by atoms with van der Waals surface area (Å²) in [4.78, 5) is 2.20. The highest BCUT2D eigenvalue weighted by Gasteiger charge is 2.52. The minimum atomic E-state index is -0.634. The zero-order chi connectivity index (χ0) is 13.8. The first-order valence-corrected chi connectivity index (χ1v) is 7.95. The SMILES string of the molecule is CCCCCCC[C@H]1[C@H](O)[C@@H](O)[C@@H]2CC[C@H](CO)N12. The van der Waals surface area contributed by atoms with Gasteiger partial charge in [-0.05, 0) is 19.3 Å². The second kappa shape index (κ2) is 7.02. The summed E-state index contributed by atoms with van der Waals surface area (Å²) in [5.41, 5.74) is 0. The van der Waals surface area contributed by atoms with Crippen molar-refractivity contribution in [2.45, 2.75) is 88.6 Å². The molecular formula is C15H29NO3. The molecule has 0 amide bonds. The first-order chi connectivity index (χ1) is 9.20. The van der Waals surface area contributed by atoms with Gasteiger partial charge in [0.25, 0.3) is 0 Å². The number of aliphatic hydroxyl groups is 3. The van der Waals surface area contributed by atoms with Crippen LogP contribution in [0.25, 0.3) is 0 Å². The molecule has 3 N–H and O–H groups in total. The molecular weight excluding hydrogens is 242 g/mol. The van der Waals surface area contributed by atoms with Crippen LogP contribution in [0.2, 0.25) is 0 Å². The van der Waals surface area contributed by atoms with E-state index in [-0.39, 0.29) is 24.7 Å². The van der Waals surface area contributed by atoms with Crippen LogP contribution in [0.1, 0.15) is 58.3 Å². The van der Waals surface area contributed by atoms with E-state index in [0.717, 1.165) is 25.7 Å². The Morgan fingerprint density at radius 1 is 1.00 bits per heavy atom. The summed E-state index contributed by atoms with van der Waals surface area (Å²) in [6.07, 6.45) is 7.61. The van der Waals surface area contributed by atoms with Gasteiger partial charge < -0.3 is 15.3 Å². The summed E-state index contributed by atoms with van der Waals surface area (Å²) >= 11 is 0. The van der Waals surface area contributed by atoms with Crippen molar-refractivity contribution in [1.29, 1.82) is 0 Å². The summed E-state index contributed by atoms with van der Waals surface area (Å²) in [5.74, 6) is 0. The summed E-state index contributed by atoms with van der Waals surface area (Å²) in [7, 11) is 0. The van der Waals surface area contributed by atoms with Crippen molar-refractivity contribution in [3.05, 3.63) is 0 Å². The van der Waals surface area contributed by atoms with E-state index in [0.29, 0.717) is 0 Å². The van der Waals surface area contributed by atoms with Gasteiger partial charge in [0.15, 0.2) is 0 Å². The Morgan fingerprint density at radius 2 is 1.74 bits per heavy atom. The van der Waals surface area contributed by atoms with E-state index in [1.165, 1.54) is 25.7 Å². The van der Waals surface area contributed by atoms with Gasteiger partial charge in [-0.25, -0.2) is 0 Å². The molecule has 4 heteroatoms. The van der Waals surface area contributed by atoms with Crippen molar-refractivity contribution < 1.29 is 15.3 Å². The second-order valence-corrected chi connectivity index (χ2v) is 6.18. The zero-order valence-corrected chi connectivity index (χ0v) is 12.0. The maximum absolute atomic E-state index is 10.2. The number of hydrogen-bond acceptors (Lipinski definition) is 4. The van der Waals surface area contributed by atoms with Gasteiger partial charge in [0.05, 0.1) is 18.8 Å². The van der Waals surface area contributed by atoms with Crippen LogP contribution in [0.5, 0.6) is 0 Å². The number of hydrogen-bond donors (Lipinski definition) is 3. The van der Waals surface area contributed by atoms with E-state index in [1.54, 1.807) is 0 Å². The Hall–Kier alpha value is -0.160. The summed E-state index contributed by atoms with van der Waals surface area (Å²) < 4.78 is 0. The molecule has 5 atom stereocenters. The lowest BCUT2D eigenvalue weighted by Crippen LogP contribution is -2.43. The van der Waals surface area contributed by atoms with Crippen LogP contribution < -0.4 is 0 Å². The molecule has 0 saturated carbocycles. The fourth-order valence-electron chi connectivity index (χ4n) is 3.89. The molecule has 0 bridgehead atoms. The van der Waals surface area contributed by atoms with E-state index >= 15 is 0 Å². The number of fused-ring (bicyclic) bond motifs is 1. The highest BCUT2D eigenvalue weighted by atomic mass is 16.3. The van der Waals surface area contributed by atoms with Gasteiger partial charge in [0.1, 0.15) is 0 Å². The van der Waals surface area contributed by atoms with E-state index < -0.39 is 12.2 Å². The van der Waals surface area contributed by atoms with Crippen molar-refractivity contribution in [1.82, 2.24) is 4.90 Å². The Morgan fingerprint density at radius 3 is 2.42 bits per heavy atom. The highest BCUT2D eigenvalue weighted by molar-refractivity contribution is 5.06. The smallest absolute Gasteiger partial charge is 0.0969 e. The van der Waals surface area contributed by atoms with Gasteiger partial charge in [-0.1, -0.05) is 39.0 Å². The minimum Gasteiger partial charge on any atom is -0.395 e. The van der Waals surface area contributed by atoms with Gasteiger partial charge in [-0.3, -0.25) is 4.90 Å². The molecule has 0 spiro atoms. The molecule has 0 aliphatic carbocycles. The largest absolute Gasteiger partial charge is 0.395 e. The van der Waals surface area contributed by atoms with Crippen LogP contribution in [0.15, 0.2) is 0 Å². The molecule has 2 rings (SSSR count). The maximum Gasteiger partial charge on any atom is 0.0969 e. The summed E-state index contributed by atoms with van der Waals surface area (Å²) in [5, 5.41) is 29.8. The van der Waals surface area contributed by atoms with Crippen LogP contribution >= 0.6 is 0 Å². The number of aliphatic hydroxyl groups excluding tert-OH is 3. The van der Waals surface area contributed by atoms with Crippen molar-refractivity contribution >= 4 is 0 Å². The second-order valence-electron chi connectivity index (χ2n) is 6.18. The Kier molecular flexibility index (Phi) is 5.63. The molecule has 2 aliphatic heterocycles. The molecule has 19 heavy (non-hydrogen) atoms. The molecule has 2 saturated heterocycles. The lowest BCUT2D eigenvalue weighted by atomic mass is 9.98. The maximum atomic E-state index is 10.2. The predicted molar refractivity (Wildman–Crippen MR) is 74.9 cm³/mol. The molecule has 4 nitrogen and oxygen atoms in total. The molecule has 2 fully saturated rings. The van der Waals surface area contributed by atoms with Crippen molar-refractivity contribution in [2.24, 2.45) is 0 Å². The average Bonchev–Trinajstić information content (AvgIpc) is 2.93. The molecule has 2 aliphatic rings. The van der Waals surface area contributed by atoms with Crippen LogP contribution in [0.3, 0.4) is 0 Å². The Balaban J connectivity index is 1.86. The third-order valence-corrected chi connectivity index (χ3v) is 4.94. The predicted octanol–water partition coefficient (Wildman–Crippen LogP) is 1.28. The lowest BCUT2D eigenvalue weighted by Gasteiger charge is -2.30. The zero-order valence-electron chi connectivity index (χ0n) is 12.0. The van der Waals surface area contributed by atoms with E-state index in [4.69, 9.17) is 0 Å². The average molecular weight is 271 g/mol. The first kappa shape index (κ1) is 15.2. The van der Waals surface area contributed by atoms with Crippen LogP contribution in [0, 0.1) is 0 Å². The van der Waals surface area contributed by atoms with E-state index in [9.17, 15) is 15.3 Å². The molecule has 0 aromatic carbocycles. The van der Waals surface area contributed by atoms with Crippen LogP contribution in [0.4, 0.5) is 0 Å². The van der Waals surface area contributed by atoms with Gasteiger partial charge in [0, 0.05) is 18.1 Å². The van der Waals surface area contributed by atoms with Gasteiger partial charge >= 0.3 is 0 Å². The standard InChI is InChI=1S/C15H29NO3/c1-2-3-4-5-6-7-12-14(18)15(19)13-9-8-11(10-17)16(12)13/h11-15,17-19H,2-10H2,1H3/t11-,12+,13+,14+,15+/m1/s1. The monoisotopic (exact) mass is 271 g/mol. The molecule has 0 aromatic rings. The number of nitrogens with zero attached hydrogens (tertiary/aromatic N) is 1. The minimum absolute atomic E-state index is 0.0428. The fraction of sp³-hybridized carbons (Fsp3) is 1.00. The third kappa shape index (κ3) is 3.13. The summed E-state index contributed by atoms with van der Waals surface area (Å²) in [6.45, 7) is 2.35. The van der Waals surface area contributed by atoms with Crippen molar-refractivity contribution in [3.8, 4) is 0 Å². The lowest BCUT2D eigenvalue weighted by molar-refractivity contribution is 0.0225. The van der Waals surface area contributed by atoms with Gasteiger partial charge in [0.2, 0.25) is 0 Å². The summed E-state index contributed by atoms with van der Waals surface area (Å²) in [6, 6.07) is 0.242. The molecule has 0 radical (unpaired) electrons. The van der Waals surface area contributed by atoms with E-state index in [1.807, 2.05) is 0 Å². The highest BCUT2D eigenvalue weighted by Crippen LogP contribution is 2.38. The molecule has 2 heterocycles. The fourth-order valence-corrected chi connectivity index (χ4v) is 3.89. The van der Waals surface area contributed by atoms with Crippen LogP contribution in [-0.2, 0) is 0 Å². The molecule has 0 aromatic heterocycles. The Labute approximate surface area is 116 Å². The van der Waals surface area contributed by atoms with Gasteiger partial charge in [-0.2, -0.15) is 0 Å².